The Bertz CT molecular complexity index is 1070. The minimum absolute atomic E-state index is 0.0145. The molecular weight excluding hydrogens is 414 g/mol. The van der Waals surface area contributed by atoms with Gasteiger partial charge in [-0.3, -0.25) is 9.97 Å². The molecule has 0 bridgehead atoms. The second-order valence-electron chi connectivity index (χ2n) is 9.10. The summed E-state index contributed by atoms with van der Waals surface area (Å²) in [5.74, 6) is 0. The number of hydrogen-bond acceptors (Lipinski definition) is 3. The van der Waals surface area contributed by atoms with Crippen molar-refractivity contribution in [3.63, 3.8) is 0 Å². The number of nitrogens with one attached hydrogen (secondary N) is 1. The molecule has 2 aliphatic rings. The molecule has 0 spiro atoms. The number of hydrogen-bond donors (Lipinski definition) is 1. The predicted octanol–water partition coefficient (Wildman–Crippen LogP) is 5.57. The largest absolute Gasteiger partial charge is 0.352 e. The van der Waals surface area contributed by atoms with Gasteiger partial charge in [-0.05, 0) is 74.3 Å². The zero-order chi connectivity index (χ0) is 22.1. The smallest absolute Gasteiger partial charge is 0.170 e. The van der Waals surface area contributed by atoms with Crippen LogP contribution in [0.5, 0.6) is 0 Å². The van der Waals surface area contributed by atoms with E-state index in [0.29, 0.717) is 6.04 Å². The summed E-state index contributed by atoms with van der Waals surface area (Å²) in [6, 6.07) is 13.3. The minimum Gasteiger partial charge on any atom is -0.352 e. The van der Waals surface area contributed by atoms with Gasteiger partial charge in [-0.1, -0.05) is 31.4 Å². The van der Waals surface area contributed by atoms with E-state index in [4.69, 9.17) is 17.2 Å². The first-order chi connectivity index (χ1) is 15.6. The zero-order valence-electron chi connectivity index (χ0n) is 18.9. The molecule has 1 N–H and O–H groups in total. The molecule has 5 rings (SSSR count). The summed E-state index contributed by atoms with van der Waals surface area (Å²) in [5, 5.41) is 4.36. The number of thiocarbonyl (C=S) groups is 1. The maximum absolute atomic E-state index is 5.86. The fourth-order valence-corrected chi connectivity index (χ4v) is 5.91. The van der Waals surface area contributed by atoms with E-state index in [1.165, 1.54) is 49.1 Å². The lowest BCUT2D eigenvalue weighted by atomic mass is 9.94. The molecule has 1 saturated carbocycles. The molecule has 166 valence electrons. The van der Waals surface area contributed by atoms with E-state index in [-0.39, 0.29) is 12.1 Å². The third kappa shape index (κ3) is 3.92. The van der Waals surface area contributed by atoms with Crippen molar-refractivity contribution in [3.8, 4) is 0 Å². The Morgan fingerprint density at radius 1 is 1.06 bits per heavy atom. The highest BCUT2D eigenvalue weighted by molar-refractivity contribution is 7.80. The average molecular weight is 446 g/mol. The molecule has 0 aromatic carbocycles. The lowest BCUT2D eigenvalue weighted by Gasteiger charge is -2.29. The third-order valence-electron chi connectivity index (χ3n) is 7.06. The molecule has 3 aromatic heterocycles. The number of nitrogens with zero attached hydrogens (tertiary/aromatic N) is 4. The van der Waals surface area contributed by atoms with Crippen LogP contribution in [0.25, 0.3) is 0 Å². The summed E-state index contributed by atoms with van der Waals surface area (Å²) in [6.07, 6.45) is 12.2. The van der Waals surface area contributed by atoms with Crippen molar-refractivity contribution >= 4 is 17.3 Å². The monoisotopic (exact) mass is 445 g/mol. The normalized spacial score (nSPS) is 21.7. The van der Waals surface area contributed by atoms with Crippen LogP contribution in [-0.2, 0) is 6.54 Å². The van der Waals surface area contributed by atoms with Gasteiger partial charge in [-0.2, -0.15) is 0 Å². The molecule has 0 amide bonds. The van der Waals surface area contributed by atoms with Gasteiger partial charge in [0.05, 0.1) is 17.8 Å². The maximum atomic E-state index is 5.86. The predicted molar refractivity (Wildman–Crippen MR) is 131 cm³/mol. The lowest BCUT2D eigenvalue weighted by Crippen LogP contribution is -2.29. The number of pyridine rings is 2. The van der Waals surface area contributed by atoms with E-state index in [1.54, 1.807) is 0 Å². The van der Waals surface area contributed by atoms with Crippen LogP contribution in [0.3, 0.4) is 0 Å². The third-order valence-corrected chi connectivity index (χ3v) is 7.41. The van der Waals surface area contributed by atoms with Gasteiger partial charge in [0.1, 0.15) is 0 Å². The summed E-state index contributed by atoms with van der Waals surface area (Å²) in [4.78, 5) is 11.3. The van der Waals surface area contributed by atoms with E-state index >= 15 is 0 Å². The molecule has 32 heavy (non-hydrogen) atoms. The van der Waals surface area contributed by atoms with E-state index in [0.717, 1.165) is 22.9 Å². The van der Waals surface area contributed by atoms with Crippen LogP contribution in [0.4, 0.5) is 0 Å². The van der Waals surface area contributed by atoms with E-state index in [2.05, 4.69) is 57.9 Å². The molecule has 2 fully saturated rings. The quantitative estimate of drug-likeness (QED) is 0.520. The van der Waals surface area contributed by atoms with Gasteiger partial charge in [0.2, 0.25) is 0 Å². The van der Waals surface area contributed by atoms with Crippen LogP contribution in [0, 0.1) is 13.8 Å². The van der Waals surface area contributed by atoms with Gasteiger partial charge >= 0.3 is 0 Å². The molecule has 1 saturated heterocycles. The summed E-state index contributed by atoms with van der Waals surface area (Å²) in [5.41, 5.74) is 6.24. The molecule has 4 heterocycles. The van der Waals surface area contributed by atoms with Crippen LogP contribution in [0.1, 0.15) is 78.4 Å². The van der Waals surface area contributed by atoms with Gasteiger partial charge in [-0.15, -0.1) is 0 Å². The van der Waals surface area contributed by atoms with Gasteiger partial charge in [0, 0.05) is 42.6 Å². The van der Waals surface area contributed by atoms with Crippen LogP contribution >= 0.6 is 12.2 Å². The molecule has 5 nitrogen and oxygen atoms in total. The Morgan fingerprint density at radius 3 is 2.62 bits per heavy atom. The molecule has 0 radical (unpaired) electrons. The second-order valence-corrected chi connectivity index (χ2v) is 9.49. The topological polar surface area (TPSA) is 46.0 Å². The Morgan fingerprint density at radius 2 is 1.91 bits per heavy atom. The van der Waals surface area contributed by atoms with Gasteiger partial charge in [0.15, 0.2) is 5.11 Å². The minimum atomic E-state index is 0.0145. The molecular formula is C26H31N5S. The van der Waals surface area contributed by atoms with Crippen molar-refractivity contribution in [2.45, 2.75) is 70.6 Å². The first-order valence-electron chi connectivity index (χ1n) is 11.7. The number of aromatic nitrogens is 3. The van der Waals surface area contributed by atoms with Gasteiger partial charge < -0.3 is 14.8 Å². The van der Waals surface area contributed by atoms with Crippen LogP contribution in [-0.4, -0.2) is 24.5 Å². The summed E-state index contributed by atoms with van der Waals surface area (Å²) in [7, 11) is 0. The fourth-order valence-electron chi connectivity index (χ4n) is 5.61. The van der Waals surface area contributed by atoms with Crippen LogP contribution in [0.15, 0.2) is 55.0 Å². The second kappa shape index (κ2) is 9.02. The Hall–Kier alpha value is -2.73. The van der Waals surface area contributed by atoms with Crippen molar-refractivity contribution in [1.82, 2.24) is 24.8 Å². The first kappa shape index (κ1) is 21.1. The molecule has 1 aliphatic heterocycles. The Balaban J connectivity index is 1.57. The molecule has 2 atom stereocenters. The van der Waals surface area contributed by atoms with Crippen molar-refractivity contribution in [1.29, 1.82) is 0 Å². The van der Waals surface area contributed by atoms with E-state index < -0.39 is 0 Å². The molecule has 1 aliphatic carbocycles. The van der Waals surface area contributed by atoms with Crippen LogP contribution in [0.2, 0.25) is 0 Å². The van der Waals surface area contributed by atoms with Crippen molar-refractivity contribution < 1.29 is 0 Å². The van der Waals surface area contributed by atoms with Gasteiger partial charge in [-0.25, -0.2) is 0 Å². The Labute approximate surface area is 195 Å². The standard InChI is InChI=1S/C26H31N5S/c1-18-15-22(19(2)31(18)21-10-4-3-5-11-21)25-24(23-12-6-7-14-28-23)29-26(32)30(25)17-20-9-8-13-27-16-20/h6-9,12-16,21,24-25H,3-5,10-11,17H2,1-2H3,(H,29,32)/t24-,25+/m0/s1. The summed E-state index contributed by atoms with van der Waals surface area (Å²) >= 11 is 5.86. The first-order valence-corrected chi connectivity index (χ1v) is 12.1. The number of aryl methyl sites for hydroxylation is 1. The average Bonchev–Trinajstić information content (AvgIpc) is 3.30. The highest BCUT2D eigenvalue weighted by Gasteiger charge is 2.41. The van der Waals surface area contributed by atoms with Crippen molar-refractivity contribution in [3.05, 3.63) is 83.2 Å². The van der Waals surface area contributed by atoms with E-state index in [1.807, 2.05) is 30.7 Å². The van der Waals surface area contributed by atoms with Crippen molar-refractivity contribution in [2.75, 3.05) is 0 Å². The van der Waals surface area contributed by atoms with Crippen LogP contribution < -0.4 is 5.32 Å². The lowest BCUT2D eigenvalue weighted by molar-refractivity contribution is 0.306. The van der Waals surface area contributed by atoms with Crippen molar-refractivity contribution in [2.24, 2.45) is 0 Å². The maximum Gasteiger partial charge on any atom is 0.170 e. The SMILES string of the molecule is Cc1cc([C@@H]2[C@H](c3ccccn3)NC(=S)N2Cc2cccnc2)c(C)n1C1CCCCC1. The fraction of sp³-hybridized carbons (Fsp3) is 0.423. The summed E-state index contributed by atoms with van der Waals surface area (Å²) in [6.45, 7) is 5.27. The summed E-state index contributed by atoms with van der Waals surface area (Å²) < 4.78 is 2.59. The molecule has 3 aromatic rings. The zero-order valence-corrected chi connectivity index (χ0v) is 19.7. The highest BCUT2D eigenvalue weighted by atomic mass is 32.1. The van der Waals surface area contributed by atoms with Gasteiger partial charge in [0.25, 0.3) is 0 Å². The molecule has 6 heteroatoms. The number of rotatable bonds is 5. The highest BCUT2D eigenvalue weighted by Crippen LogP contribution is 2.43. The van der Waals surface area contributed by atoms with E-state index in [9.17, 15) is 0 Å². The Kier molecular flexibility index (Phi) is 5.96. The molecule has 0 unspecified atom stereocenters.